The number of H-pyrrole nitrogens is 2. The van der Waals surface area contributed by atoms with Gasteiger partial charge in [-0.25, -0.2) is 10.2 Å². The fraction of sp³-hybridized carbons (Fsp3) is 0.167. The molecule has 0 spiro atoms. The predicted molar refractivity (Wildman–Crippen MR) is 67.8 cm³/mol. The number of fused-ring (bicyclic) bond motifs is 2. The fourth-order valence-corrected chi connectivity index (χ4v) is 2.08. The third kappa shape index (κ3) is 1.35. The van der Waals surface area contributed by atoms with Gasteiger partial charge >= 0.3 is 0 Å². The molecule has 3 aromatic rings. The number of hydrogen-bond donors (Lipinski definition) is 2. The Kier molecular flexibility index (Phi) is 2.07. The molecular weight excluding hydrogens is 232 g/mol. The van der Waals surface area contributed by atoms with Crippen molar-refractivity contribution in [2.75, 3.05) is 0 Å². The molecule has 2 heterocycles. The Balaban J connectivity index is 2.68. The molecule has 0 aliphatic heterocycles. The highest BCUT2D eigenvalue weighted by atomic mass is 16.1. The zero-order chi connectivity index (χ0) is 12.9. The lowest BCUT2D eigenvalue weighted by Crippen LogP contribution is -2.13. The largest absolute Gasteiger partial charge is 0.272 e. The van der Waals surface area contributed by atoms with Crippen LogP contribution in [0.5, 0.6) is 0 Å². The van der Waals surface area contributed by atoms with Crippen molar-refractivity contribution in [3.8, 4) is 0 Å². The van der Waals surface area contributed by atoms with Crippen molar-refractivity contribution < 1.29 is 0 Å². The Morgan fingerprint density at radius 1 is 0.778 bits per heavy atom. The highest BCUT2D eigenvalue weighted by Crippen LogP contribution is 2.20. The van der Waals surface area contributed by atoms with Crippen LogP contribution in [0.4, 0.5) is 0 Å². The molecule has 0 radical (unpaired) electrons. The molecule has 6 heteroatoms. The standard InChI is InChI=1S/C12H10N4O2/c1-5-7-3-8-6(2)14-16-12(18)10(8)4-9(7)11(17)15-13-5/h3-4H,1-2H3,(H,15,17)(H,16,18). The summed E-state index contributed by atoms with van der Waals surface area (Å²) in [6.07, 6.45) is 0. The first-order valence-corrected chi connectivity index (χ1v) is 5.46. The van der Waals surface area contributed by atoms with Crippen molar-refractivity contribution in [1.82, 2.24) is 20.4 Å². The molecule has 2 N–H and O–H groups in total. The minimum atomic E-state index is -0.300. The zero-order valence-electron chi connectivity index (χ0n) is 9.87. The summed E-state index contributed by atoms with van der Waals surface area (Å²) in [6, 6.07) is 3.38. The van der Waals surface area contributed by atoms with E-state index in [1.54, 1.807) is 26.0 Å². The van der Waals surface area contributed by atoms with Crippen LogP contribution in [0.1, 0.15) is 11.4 Å². The first-order chi connectivity index (χ1) is 8.58. The molecule has 0 saturated carbocycles. The summed E-state index contributed by atoms with van der Waals surface area (Å²) in [7, 11) is 0. The minimum Gasteiger partial charge on any atom is -0.267 e. The third-order valence-corrected chi connectivity index (χ3v) is 3.08. The quantitative estimate of drug-likeness (QED) is 0.570. The first-order valence-electron chi connectivity index (χ1n) is 5.46. The van der Waals surface area contributed by atoms with E-state index in [0.29, 0.717) is 22.2 Å². The summed E-state index contributed by atoms with van der Waals surface area (Å²) in [6.45, 7) is 3.61. The molecule has 2 aromatic heterocycles. The molecule has 1 aromatic carbocycles. The average Bonchev–Trinajstić information content (AvgIpc) is 2.37. The van der Waals surface area contributed by atoms with E-state index in [0.717, 1.165) is 10.8 Å². The molecule has 0 saturated heterocycles. The van der Waals surface area contributed by atoms with Crippen molar-refractivity contribution in [3.63, 3.8) is 0 Å². The van der Waals surface area contributed by atoms with Gasteiger partial charge in [0.2, 0.25) is 0 Å². The summed E-state index contributed by atoms with van der Waals surface area (Å²) in [5.74, 6) is 0. The number of aryl methyl sites for hydroxylation is 2. The molecule has 90 valence electrons. The molecule has 0 amide bonds. The maximum atomic E-state index is 11.7. The molecule has 0 aliphatic rings. The van der Waals surface area contributed by atoms with Gasteiger partial charge in [-0.3, -0.25) is 9.59 Å². The van der Waals surface area contributed by atoms with E-state index in [1.807, 2.05) is 0 Å². The summed E-state index contributed by atoms with van der Waals surface area (Å²) >= 11 is 0. The Morgan fingerprint density at radius 3 is 1.61 bits per heavy atom. The predicted octanol–water partition coefficient (Wildman–Crippen LogP) is 0.776. The maximum absolute atomic E-state index is 11.7. The Hall–Kier alpha value is -2.50. The van der Waals surface area contributed by atoms with Crippen LogP contribution in [0.15, 0.2) is 21.7 Å². The molecule has 6 nitrogen and oxygen atoms in total. The van der Waals surface area contributed by atoms with Crippen molar-refractivity contribution in [1.29, 1.82) is 0 Å². The van der Waals surface area contributed by atoms with Gasteiger partial charge < -0.3 is 0 Å². The normalized spacial score (nSPS) is 11.2. The van der Waals surface area contributed by atoms with E-state index in [-0.39, 0.29) is 11.1 Å². The molecule has 0 fully saturated rings. The number of nitrogens with zero attached hydrogens (tertiary/aromatic N) is 2. The van der Waals surface area contributed by atoms with Gasteiger partial charge in [-0.05, 0) is 26.0 Å². The number of hydrogen-bond acceptors (Lipinski definition) is 4. The molecule has 0 atom stereocenters. The van der Waals surface area contributed by atoms with E-state index in [4.69, 9.17) is 0 Å². The van der Waals surface area contributed by atoms with Crippen LogP contribution in [-0.2, 0) is 0 Å². The van der Waals surface area contributed by atoms with Crippen LogP contribution in [-0.4, -0.2) is 20.4 Å². The van der Waals surface area contributed by atoms with E-state index in [2.05, 4.69) is 20.4 Å². The Labute approximate surface area is 101 Å². The highest BCUT2D eigenvalue weighted by Gasteiger charge is 2.09. The van der Waals surface area contributed by atoms with Gasteiger partial charge in [-0.2, -0.15) is 10.2 Å². The van der Waals surface area contributed by atoms with E-state index in [1.165, 1.54) is 0 Å². The highest BCUT2D eigenvalue weighted by molar-refractivity contribution is 5.98. The number of nitrogens with one attached hydrogen (secondary N) is 2. The van der Waals surface area contributed by atoms with Gasteiger partial charge in [0.1, 0.15) is 0 Å². The van der Waals surface area contributed by atoms with Crippen molar-refractivity contribution >= 4 is 21.5 Å². The van der Waals surface area contributed by atoms with Crippen LogP contribution < -0.4 is 11.1 Å². The molecule has 0 aliphatic carbocycles. The third-order valence-electron chi connectivity index (χ3n) is 3.08. The van der Waals surface area contributed by atoms with Gasteiger partial charge in [0.15, 0.2) is 0 Å². The summed E-state index contributed by atoms with van der Waals surface area (Å²) in [4.78, 5) is 23.4. The van der Waals surface area contributed by atoms with Crippen molar-refractivity contribution in [2.45, 2.75) is 13.8 Å². The van der Waals surface area contributed by atoms with E-state index >= 15 is 0 Å². The summed E-state index contributed by atoms with van der Waals surface area (Å²) in [5, 5.41) is 15.1. The van der Waals surface area contributed by atoms with Gasteiger partial charge in [0, 0.05) is 10.8 Å². The molecular formula is C12H10N4O2. The second-order valence-electron chi connectivity index (χ2n) is 4.22. The lowest BCUT2D eigenvalue weighted by Gasteiger charge is -2.04. The Bertz CT molecular complexity index is 821. The number of aromatic nitrogens is 4. The zero-order valence-corrected chi connectivity index (χ0v) is 9.87. The van der Waals surface area contributed by atoms with Crippen molar-refractivity contribution in [3.05, 3.63) is 44.2 Å². The van der Waals surface area contributed by atoms with Crippen LogP contribution in [0.25, 0.3) is 21.5 Å². The Morgan fingerprint density at radius 2 is 1.17 bits per heavy atom. The van der Waals surface area contributed by atoms with Gasteiger partial charge in [-0.1, -0.05) is 0 Å². The second-order valence-corrected chi connectivity index (χ2v) is 4.22. The molecule has 3 rings (SSSR count). The number of benzene rings is 1. The molecule has 18 heavy (non-hydrogen) atoms. The van der Waals surface area contributed by atoms with Crippen LogP contribution in [0.2, 0.25) is 0 Å². The van der Waals surface area contributed by atoms with E-state index < -0.39 is 0 Å². The van der Waals surface area contributed by atoms with Gasteiger partial charge in [0.05, 0.1) is 22.2 Å². The number of aromatic amines is 2. The topological polar surface area (TPSA) is 91.5 Å². The minimum absolute atomic E-state index is 0.300. The van der Waals surface area contributed by atoms with Crippen LogP contribution >= 0.6 is 0 Å². The smallest absolute Gasteiger partial charge is 0.267 e. The van der Waals surface area contributed by atoms with Crippen molar-refractivity contribution in [2.24, 2.45) is 0 Å². The van der Waals surface area contributed by atoms with Crippen LogP contribution in [0.3, 0.4) is 0 Å². The fourth-order valence-electron chi connectivity index (χ4n) is 2.08. The number of rotatable bonds is 0. The monoisotopic (exact) mass is 242 g/mol. The second kappa shape index (κ2) is 3.49. The molecule has 0 bridgehead atoms. The first kappa shape index (κ1) is 10.6. The van der Waals surface area contributed by atoms with E-state index in [9.17, 15) is 9.59 Å². The van der Waals surface area contributed by atoms with Gasteiger partial charge in [0.25, 0.3) is 11.1 Å². The molecule has 0 unspecified atom stereocenters. The van der Waals surface area contributed by atoms with Crippen LogP contribution in [0, 0.1) is 13.8 Å². The summed E-state index contributed by atoms with van der Waals surface area (Å²) in [5.41, 5.74) is 0.829. The summed E-state index contributed by atoms with van der Waals surface area (Å²) < 4.78 is 0. The lowest BCUT2D eigenvalue weighted by molar-refractivity contribution is 0.964. The van der Waals surface area contributed by atoms with Gasteiger partial charge in [-0.15, -0.1) is 0 Å². The maximum Gasteiger partial charge on any atom is 0.272 e. The SMILES string of the molecule is Cc1n[nH]c(=O)c2cc3c(=O)[nH]nc(C)c3cc12. The average molecular weight is 242 g/mol. The lowest BCUT2D eigenvalue weighted by atomic mass is 10.0.